The highest BCUT2D eigenvalue weighted by molar-refractivity contribution is 8.26. The van der Waals surface area contributed by atoms with E-state index in [-0.39, 0.29) is 5.91 Å². The minimum atomic E-state index is 0.00177. The van der Waals surface area contributed by atoms with Crippen LogP contribution in [-0.4, -0.2) is 28.8 Å². The summed E-state index contributed by atoms with van der Waals surface area (Å²) >= 11 is 8.35. The van der Waals surface area contributed by atoms with Gasteiger partial charge in [0.15, 0.2) is 0 Å². The van der Waals surface area contributed by atoms with Gasteiger partial charge in [0.25, 0.3) is 5.91 Å². The molecule has 1 aromatic heterocycles. The Balaban J connectivity index is 1.66. The van der Waals surface area contributed by atoms with E-state index in [1.165, 1.54) is 11.8 Å². The van der Waals surface area contributed by atoms with Gasteiger partial charge in [-0.1, -0.05) is 42.2 Å². The number of ether oxygens (including phenoxy) is 1. The molecule has 0 spiro atoms. The lowest BCUT2D eigenvalue weighted by Gasteiger charge is -2.14. The molecule has 1 aliphatic rings. The van der Waals surface area contributed by atoms with Crippen LogP contribution in [0.15, 0.2) is 46.7 Å². The Morgan fingerprint density at radius 3 is 2.70 bits per heavy atom. The summed E-state index contributed by atoms with van der Waals surface area (Å²) in [6.45, 7) is 0.596. The van der Waals surface area contributed by atoms with E-state index in [2.05, 4.69) is 0 Å². The molecule has 0 radical (unpaired) electrons. The highest BCUT2D eigenvalue weighted by Gasteiger charge is 2.31. The average molecular weight is 362 g/mol. The third-order valence-electron chi connectivity index (χ3n) is 3.47. The molecule has 0 bridgehead atoms. The molecule has 2 heterocycles. The monoisotopic (exact) mass is 361 g/mol. The van der Waals surface area contributed by atoms with Gasteiger partial charge in [-0.15, -0.1) is 11.3 Å². The third kappa shape index (κ3) is 3.83. The predicted molar refractivity (Wildman–Crippen MR) is 101 cm³/mol. The lowest BCUT2D eigenvalue weighted by atomic mass is 10.1. The van der Waals surface area contributed by atoms with Gasteiger partial charge in [0, 0.05) is 11.4 Å². The SMILES string of the molecule is COc1ccc(CCN2C(=O)/C(=C/c3cccs3)SC2=S)cc1. The number of rotatable bonds is 5. The molecule has 1 aromatic carbocycles. The van der Waals surface area contributed by atoms with Crippen molar-refractivity contribution >= 4 is 51.6 Å². The summed E-state index contributed by atoms with van der Waals surface area (Å²) in [5.74, 6) is 0.833. The number of thioether (sulfide) groups is 1. The second-order valence-electron chi connectivity index (χ2n) is 4.95. The molecule has 1 aliphatic heterocycles. The van der Waals surface area contributed by atoms with Crippen molar-refractivity contribution in [3.63, 3.8) is 0 Å². The maximum absolute atomic E-state index is 12.5. The first-order valence-electron chi connectivity index (χ1n) is 7.09. The fraction of sp³-hybridized carbons (Fsp3) is 0.176. The Kier molecular flexibility index (Phi) is 5.15. The third-order valence-corrected chi connectivity index (χ3v) is 5.67. The second-order valence-corrected chi connectivity index (χ2v) is 7.60. The molecule has 23 heavy (non-hydrogen) atoms. The van der Waals surface area contributed by atoms with E-state index in [4.69, 9.17) is 17.0 Å². The van der Waals surface area contributed by atoms with Crippen LogP contribution in [0.4, 0.5) is 0 Å². The zero-order valence-electron chi connectivity index (χ0n) is 12.5. The summed E-state index contributed by atoms with van der Waals surface area (Å²) in [4.78, 5) is 16.0. The zero-order valence-corrected chi connectivity index (χ0v) is 15.0. The smallest absolute Gasteiger partial charge is 0.266 e. The van der Waals surface area contributed by atoms with Crippen molar-refractivity contribution in [2.24, 2.45) is 0 Å². The standard InChI is InChI=1S/C17H15NO2S3/c1-20-13-6-4-12(5-7-13)8-9-18-16(19)15(23-17(18)21)11-14-3-2-10-22-14/h2-7,10-11H,8-9H2,1H3/b15-11-. The molecule has 118 valence electrons. The van der Waals surface area contributed by atoms with E-state index in [1.807, 2.05) is 47.9 Å². The van der Waals surface area contributed by atoms with E-state index in [1.54, 1.807) is 23.3 Å². The zero-order chi connectivity index (χ0) is 16.2. The molecule has 2 aromatic rings. The molecule has 0 aliphatic carbocycles. The van der Waals surface area contributed by atoms with E-state index < -0.39 is 0 Å². The molecule has 6 heteroatoms. The van der Waals surface area contributed by atoms with Gasteiger partial charge in [-0.2, -0.15) is 0 Å². The van der Waals surface area contributed by atoms with Crippen LogP contribution < -0.4 is 4.74 Å². The number of amides is 1. The summed E-state index contributed by atoms with van der Waals surface area (Å²) in [5.41, 5.74) is 1.15. The summed E-state index contributed by atoms with van der Waals surface area (Å²) < 4.78 is 5.78. The number of thiophene rings is 1. The molecule has 0 atom stereocenters. The van der Waals surface area contributed by atoms with Crippen molar-refractivity contribution < 1.29 is 9.53 Å². The van der Waals surface area contributed by atoms with Crippen molar-refractivity contribution in [2.75, 3.05) is 13.7 Å². The fourth-order valence-corrected chi connectivity index (χ4v) is 4.26. The molecular weight excluding hydrogens is 346 g/mol. The fourth-order valence-electron chi connectivity index (χ4n) is 2.23. The first kappa shape index (κ1) is 16.2. The Hall–Kier alpha value is -1.63. The van der Waals surface area contributed by atoms with Crippen molar-refractivity contribution in [3.8, 4) is 5.75 Å². The molecule has 3 nitrogen and oxygen atoms in total. The molecule has 3 rings (SSSR count). The Morgan fingerprint density at radius 2 is 2.04 bits per heavy atom. The van der Waals surface area contributed by atoms with Crippen LogP contribution in [0.25, 0.3) is 6.08 Å². The lowest BCUT2D eigenvalue weighted by Crippen LogP contribution is -2.30. The quantitative estimate of drug-likeness (QED) is 0.590. The van der Waals surface area contributed by atoms with Gasteiger partial charge in [-0.3, -0.25) is 9.69 Å². The van der Waals surface area contributed by atoms with E-state index in [9.17, 15) is 4.79 Å². The van der Waals surface area contributed by atoms with E-state index >= 15 is 0 Å². The second kappa shape index (κ2) is 7.29. The number of benzene rings is 1. The average Bonchev–Trinajstić information content (AvgIpc) is 3.16. The van der Waals surface area contributed by atoms with Crippen molar-refractivity contribution in [1.29, 1.82) is 0 Å². The van der Waals surface area contributed by atoms with E-state index in [0.29, 0.717) is 15.8 Å². The highest BCUT2D eigenvalue weighted by Crippen LogP contribution is 2.33. The van der Waals surface area contributed by atoms with Gasteiger partial charge in [-0.25, -0.2) is 0 Å². The lowest BCUT2D eigenvalue weighted by molar-refractivity contribution is -0.122. The molecule has 1 fully saturated rings. The van der Waals surface area contributed by atoms with Crippen molar-refractivity contribution in [1.82, 2.24) is 4.90 Å². The first-order valence-corrected chi connectivity index (χ1v) is 9.19. The number of carbonyl (C=O) groups excluding carboxylic acids is 1. The number of thiocarbonyl (C=S) groups is 1. The van der Waals surface area contributed by atoms with Crippen LogP contribution in [0, 0.1) is 0 Å². The Labute approximate surface area is 149 Å². The first-order chi connectivity index (χ1) is 11.2. The number of nitrogens with zero attached hydrogens (tertiary/aromatic N) is 1. The maximum atomic E-state index is 12.5. The van der Waals surface area contributed by atoms with Crippen LogP contribution in [0.1, 0.15) is 10.4 Å². The number of hydrogen-bond donors (Lipinski definition) is 0. The van der Waals surface area contributed by atoms with Gasteiger partial charge in [0.05, 0.1) is 12.0 Å². The van der Waals surface area contributed by atoms with Gasteiger partial charge in [-0.05, 0) is 41.6 Å². The number of hydrogen-bond acceptors (Lipinski definition) is 5. The Morgan fingerprint density at radius 1 is 1.26 bits per heavy atom. The Bertz CT molecular complexity index is 736. The predicted octanol–water partition coefficient (Wildman–Crippen LogP) is 4.20. The minimum absolute atomic E-state index is 0.00177. The van der Waals surface area contributed by atoms with Gasteiger partial charge < -0.3 is 4.74 Å². The maximum Gasteiger partial charge on any atom is 0.266 e. The number of methoxy groups -OCH3 is 1. The van der Waals surface area contributed by atoms with Crippen molar-refractivity contribution in [2.45, 2.75) is 6.42 Å². The molecule has 0 saturated carbocycles. The van der Waals surface area contributed by atoms with E-state index in [0.717, 1.165) is 22.6 Å². The highest BCUT2D eigenvalue weighted by atomic mass is 32.2. The molecular formula is C17H15NO2S3. The molecule has 0 N–H and O–H groups in total. The molecule has 1 saturated heterocycles. The molecule has 0 unspecified atom stereocenters. The van der Waals surface area contributed by atoms with Gasteiger partial charge in [0.2, 0.25) is 0 Å². The topological polar surface area (TPSA) is 29.5 Å². The number of carbonyl (C=O) groups is 1. The van der Waals surface area contributed by atoms with Gasteiger partial charge in [0.1, 0.15) is 10.1 Å². The largest absolute Gasteiger partial charge is 0.497 e. The van der Waals surface area contributed by atoms with Crippen molar-refractivity contribution in [3.05, 3.63) is 57.1 Å². The van der Waals surface area contributed by atoms with Crippen LogP contribution >= 0.6 is 35.3 Å². The van der Waals surface area contributed by atoms with Crippen LogP contribution in [0.5, 0.6) is 5.75 Å². The van der Waals surface area contributed by atoms with Crippen LogP contribution in [0.2, 0.25) is 0 Å². The normalized spacial score (nSPS) is 16.4. The minimum Gasteiger partial charge on any atom is -0.497 e. The molecule has 1 amide bonds. The van der Waals surface area contributed by atoms with Gasteiger partial charge >= 0.3 is 0 Å². The summed E-state index contributed by atoms with van der Waals surface area (Å²) in [6.07, 6.45) is 2.68. The summed E-state index contributed by atoms with van der Waals surface area (Å²) in [7, 11) is 1.65. The summed E-state index contributed by atoms with van der Waals surface area (Å²) in [5, 5.41) is 2.00. The van der Waals surface area contributed by atoms with Crippen LogP contribution in [0.3, 0.4) is 0 Å². The van der Waals surface area contributed by atoms with Crippen LogP contribution in [-0.2, 0) is 11.2 Å². The summed E-state index contributed by atoms with van der Waals surface area (Å²) in [6, 6.07) is 11.8.